The summed E-state index contributed by atoms with van der Waals surface area (Å²) in [4.78, 5) is 13.1. The van der Waals surface area contributed by atoms with Crippen molar-refractivity contribution in [2.75, 3.05) is 20.2 Å². The van der Waals surface area contributed by atoms with Crippen molar-refractivity contribution >= 4 is 12.0 Å². The van der Waals surface area contributed by atoms with Gasteiger partial charge in [0, 0.05) is 25.1 Å². The van der Waals surface area contributed by atoms with E-state index in [1.54, 1.807) is 14.0 Å². The molecule has 5 heteroatoms. The van der Waals surface area contributed by atoms with Crippen molar-refractivity contribution in [3.05, 3.63) is 29.8 Å². The van der Waals surface area contributed by atoms with Gasteiger partial charge in [0.15, 0.2) is 0 Å². The van der Waals surface area contributed by atoms with Gasteiger partial charge in [-0.1, -0.05) is 6.08 Å². The molecule has 0 aromatic heterocycles. The summed E-state index contributed by atoms with van der Waals surface area (Å²) in [5.41, 5.74) is 0.579. The summed E-state index contributed by atoms with van der Waals surface area (Å²) in [5, 5.41) is 9.13. The van der Waals surface area contributed by atoms with Crippen molar-refractivity contribution in [3.8, 4) is 11.5 Å². The summed E-state index contributed by atoms with van der Waals surface area (Å²) in [6.07, 6.45) is 4.88. The van der Waals surface area contributed by atoms with Gasteiger partial charge in [0.05, 0.1) is 7.11 Å². The van der Waals surface area contributed by atoms with Crippen molar-refractivity contribution in [1.29, 1.82) is 0 Å². The first-order valence-corrected chi connectivity index (χ1v) is 7.06. The monoisotopic (exact) mass is 289 g/mol. The molecule has 0 saturated carbocycles. The van der Waals surface area contributed by atoms with E-state index in [-0.39, 0.29) is 0 Å². The van der Waals surface area contributed by atoms with Gasteiger partial charge in [-0.15, -0.1) is 0 Å². The highest BCUT2D eigenvalue weighted by Crippen LogP contribution is 2.38. The molecule has 21 heavy (non-hydrogen) atoms. The predicted molar refractivity (Wildman–Crippen MR) is 78.7 cm³/mol. The molecule has 2 aliphatic rings. The SMILES string of the molecule is COc1ccc2c(c1)C=CC1(CCN(C(C)C(=O)O)C1)O2. The lowest BCUT2D eigenvalue weighted by Gasteiger charge is -2.32. The number of hydrogen-bond acceptors (Lipinski definition) is 4. The van der Waals surface area contributed by atoms with Crippen LogP contribution in [0.15, 0.2) is 24.3 Å². The van der Waals surface area contributed by atoms with Crippen LogP contribution in [0.4, 0.5) is 0 Å². The van der Waals surface area contributed by atoms with E-state index < -0.39 is 17.6 Å². The number of nitrogens with zero attached hydrogens (tertiary/aromatic N) is 1. The zero-order chi connectivity index (χ0) is 15.0. The van der Waals surface area contributed by atoms with Crippen LogP contribution in [-0.2, 0) is 4.79 Å². The molecule has 0 amide bonds. The minimum atomic E-state index is -0.794. The maximum absolute atomic E-state index is 11.1. The number of likely N-dealkylation sites (tertiary alicyclic amines) is 1. The summed E-state index contributed by atoms with van der Waals surface area (Å²) in [7, 11) is 1.64. The zero-order valence-corrected chi connectivity index (χ0v) is 12.2. The molecule has 2 atom stereocenters. The lowest BCUT2D eigenvalue weighted by molar-refractivity contribution is -0.142. The van der Waals surface area contributed by atoms with Crippen LogP contribution in [0, 0.1) is 0 Å². The van der Waals surface area contributed by atoms with E-state index in [0.29, 0.717) is 6.54 Å². The van der Waals surface area contributed by atoms with Gasteiger partial charge < -0.3 is 14.6 Å². The Morgan fingerprint density at radius 1 is 1.52 bits per heavy atom. The highest BCUT2D eigenvalue weighted by molar-refractivity contribution is 5.73. The molecule has 2 aliphatic heterocycles. The highest BCUT2D eigenvalue weighted by atomic mass is 16.5. The maximum Gasteiger partial charge on any atom is 0.320 e. The van der Waals surface area contributed by atoms with Crippen molar-refractivity contribution in [3.63, 3.8) is 0 Å². The fourth-order valence-corrected chi connectivity index (χ4v) is 2.91. The van der Waals surface area contributed by atoms with Crippen LogP contribution in [0.3, 0.4) is 0 Å². The van der Waals surface area contributed by atoms with E-state index in [9.17, 15) is 4.79 Å². The molecule has 2 heterocycles. The van der Waals surface area contributed by atoms with Crippen molar-refractivity contribution in [2.45, 2.75) is 25.0 Å². The van der Waals surface area contributed by atoms with Crippen LogP contribution in [0.2, 0.25) is 0 Å². The van der Waals surface area contributed by atoms with E-state index >= 15 is 0 Å². The highest BCUT2D eigenvalue weighted by Gasteiger charge is 2.42. The third kappa shape index (κ3) is 2.49. The van der Waals surface area contributed by atoms with Gasteiger partial charge in [-0.3, -0.25) is 9.69 Å². The third-order valence-corrected chi connectivity index (χ3v) is 4.29. The number of carbonyl (C=O) groups is 1. The molecule has 0 aliphatic carbocycles. The van der Waals surface area contributed by atoms with E-state index in [1.807, 2.05) is 35.3 Å². The number of methoxy groups -OCH3 is 1. The van der Waals surface area contributed by atoms with E-state index in [2.05, 4.69) is 0 Å². The van der Waals surface area contributed by atoms with Crippen molar-refractivity contribution < 1.29 is 19.4 Å². The van der Waals surface area contributed by atoms with E-state index in [0.717, 1.165) is 30.0 Å². The van der Waals surface area contributed by atoms with Crippen LogP contribution in [0.25, 0.3) is 6.08 Å². The Morgan fingerprint density at radius 2 is 2.33 bits per heavy atom. The molecular formula is C16H19NO4. The summed E-state index contributed by atoms with van der Waals surface area (Å²) in [6.45, 7) is 3.04. The molecule has 0 bridgehead atoms. The fourth-order valence-electron chi connectivity index (χ4n) is 2.91. The molecule has 2 unspecified atom stereocenters. The fraction of sp³-hybridized carbons (Fsp3) is 0.438. The second-order valence-corrected chi connectivity index (χ2v) is 5.64. The molecule has 5 nitrogen and oxygen atoms in total. The summed E-state index contributed by atoms with van der Waals surface area (Å²) in [6, 6.07) is 5.23. The minimum Gasteiger partial charge on any atom is -0.497 e. The van der Waals surface area contributed by atoms with Crippen molar-refractivity contribution in [2.24, 2.45) is 0 Å². The molecule has 1 aromatic carbocycles. The summed E-state index contributed by atoms with van der Waals surface area (Å²) >= 11 is 0. The first-order chi connectivity index (χ1) is 10.0. The van der Waals surface area contributed by atoms with Gasteiger partial charge >= 0.3 is 5.97 Å². The van der Waals surface area contributed by atoms with Crippen molar-refractivity contribution in [1.82, 2.24) is 4.90 Å². The molecule has 1 N–H and O–H groups in total. The Labute approximate surface area is 123 Å². The van der Waals surface area contributed by atoms with Crippen LogP contribution in [-0.4, -0.2) is 47.8 Å². The molecule has 1 spiro atoms. The maximum atomic E-state index is 11.1. The zero-order valence-electron chi connectivity index (χ0n) is 12.2. The van der Waals surface area contributed by atoms with Crippen LogP contribution < -0.4 is 9.47 Å². The summed E-state index contributed by atoms with van der Waals surface area (Å²) < 4.78 is 11.4. The lowest BCUT2D eigenvalue weighted by Crippen LogP contribution is -2.43. The van der Waals surface area contributed by atoms with Gasteiger partial charge in [-0.25, -0.2) is 0 Å². The molecule has 1 saturated heterocycles. The first kappa shape index (κ1) is 13.9. The number of ether oxygens (including phenoxy) is 2. The van der Waals surface area contributed by atoms with E-state index in [1.165, 1.54) is 0 Å². The third-order valence-electron chi connectivity index (χ3n) is 4.29. The molecule has 1 fully saturated rings. The Kier molecular flexibility index (Phi) is 3.37. The Morgan fingerprint density at radius 3 is 3.05 bits per heavy atom. The number of hydrogen-bond donors (Lipinski definition) is 1. The molecule has 112 valence electrons. The lowest BCUT2D eigenvalue weighted by atomic mass is 9.97. The van der Waals surface area contributed by atoms with Gasteiger partial charge in [0.25, 0.3) is 0 Å². The van der Waals surface area contributed by atoms with Gasteiger partial charge in [-0.05, 0) is 31.2 Å². The number of benzene rings is 1. The van der Waals surface area contributed by atoms with E-state index in [4.69, 9.17) is 14.6 Å². The topological polar surface area (TPSA) is 59.0 Å². The molecular weight excluding hydrogens is 270 g/mol. The Hall–Kier alpha value is -2.01. The van der Waals surface area contributed by atoms with Crippen LogP contribution in [0.5, 0.6) is 11.5 Å². The Bertz CT molecular complexity index is 598. The van der Waals surface area contributed by atoms with Gasteiger partial charge in [0.1, 0.15) is 23.1 Å². The molecule has 0 radical (unpaired) electrons. The number of aliphatic carboxylic acids is 1. The average Bonchev–Trinajstić information content (AvgIpc) is 2.89. The number of carboxylic acid groups (broad SMARTS) is 1. The first-order valence-electron chi connectivity index (χ1n) is 7.06. The van der Waals surface area contributed by atoms with Gasteiger partial charge in [-0.2, -0.15) is 0 Å². The average molecular weight is 289 g/mol. The molecule has 1 aromatic rings. The predicted octanol–water partition coefficient (Wildman–Crippen LogP) is 2.02. The largest absolute Gasteiger partial charge is 0.497 e. The van der Waals surface area contributed by atoms with Crippen LogP contribution >= 0.6 is 0 Å². The second kappa shape index (κ2) is 5.07. The summed E-state index contributed by atoms with van der Waals surface area (Å²) in [5.74, 6) is 0.825. The minimum absolute atomic E-state index is 0.411. The van der Waals surface area contributed by atoms with Gasteiger partial charge in [0.2, 0.25) is 0 Å². The number of rotatable bonds is 3. The van der Waals surface area contributed by atoms with Crippen LogP contribution in [0.1, 0.15) is 18.9 Å². The molecule has 3 rings (SSSR count). The standard InChI is InChI=1S/C16H19NO4/c1-11(15(18)19)17-8-7-16(10-17)6-5-12-9-13(20-2)3-4-14(12)21-16/h3-6,9,11H,7-8,10H2,1-2H3,(H,18,19). The normalized spacial score (nSPS) is 25.4. The smallest absolute Gasteiger partial charge is 0.320 e. The second-order valence-electron chi connectivity index (χ2n) is 5.64. The number of fused-ring (bicyclic) bond motifs is 1. The Balaban J connectivity index is 1.80. The number of carboxylic acids is 1. The quantitative estimate of drug-likeness (QED) is 0.922.